The number of aromatic carboxylic acids is 1. The van der Waals surface area contributed by atoms with Crippen LogP contribution in [-0.2, 0) is 9.73 Å². The van der Waals surface area contributed by atoms with E-state index in [1.54, 1.807) is 0 Å². The first-order valence-corrected chi connectivity index (χ1v) is 6.85. The van der Waals surface area contributed by atoms with Gasteiger partial charge >= 0.3 is 5.97 Å². The summed E-state index contributed by atoms with van der Waals surface area (Å²) in [4.78, 5) is 10.6. The Balaban J connectivity index is 2.52. The fourth-order valence-electron chi connectivity index (χ4n) is 1.59. The first-order valence-electron chi connectivity index (χ1n) is 5.29. The molecule has 98 valence electrons. The molecule has 6 heteroatoms. The van der Waals surface area contributed by atoms with Crippen molar-refractivity contribution in [2.45, 2.75) is 9.79 Å². The number of halogens is 1. The molecule has 0 fully saturated rings. The highest BCUT2D eigenvalue weighted by atomic mass is 32.2. The van der Waals surface area contributed by atoms with Gasteiger partial charge in [0.2, 0.25) is 0 Å². The monoisotopic (exact) mass is 279 g/mol. The number of benzene rings is 2. The summed E-state index contributed by atoms with van der Waals surface area (Å²) >= 11 is 0. The van der Waals surface area contributed by atoms with Gasteiger partial charge in [0.05, 0.1) is 15.4 Å². The first-order chi connectivity index (χ1) is 8.93. The van der Waals surface area contributed by atoms with Gasteiger partial charge in [0.25, 0.3) is 0 Å². The van der Waals surface area contributed by atoms with Gasteiger partial charge in [-0.3, -0.25) is 0 Å². The highest BCUT2D eigenvalue weighted by Gasteiger charge is 2.17. The van der Waals surface area contributed by atoms with Crippen molar-refractivity contribution in [1.29, 1.82) is 4.78 Å². The second-order valence-corrected chi connectivity index (χ2v) is 5.84. The van der Waals surface area contributed by atoms with E-state index in [4.69, 9.17) is 9.89 Å². The van der Waals surface area contributed by atoms with Gasteiger partial charge in [0, 0.05) is 0 Å². The van der Waals surface area contributed by atoms with Gasteiger partial charge in [-0.1, -0.05) is 12.1 Å². The Bertz CT molecular complexity index is 724. The maximum atomic E-state index is 13.6. The molecule has 2 aromatic carbocycles. The number of hydrogen-bond donors (Lipinski definition) is 2. The zero-order valence-electron chi connectivity index (χ0n) is 9.67. The number of rotatable bonds is 3. The summed E-state index contributed by atoms with van der Waals surface area (Å²) in [5.74, 6) is -1.83. The molecule has 2 aromatic rings. The summed E-state index contributed by atoms with van der Waals surface area (Å²) < 4.78 is 33.8. The molecular formula is C13H10FNO3S. The van der Waals surface area contributed by atoms with E-state index in [-0.39, 0.29) is 15.4 Å². The van der Waals surface area contributed by atoms with Crippen LogP contribution in [0.25, 0.3) is 0 Å². The van der Waals surface area contributed by atoms with Crippen molar-refractivity contribution in [1.82, 2.24) is 0 Å². The molecule has 0 spiro atoms. The summed E-state index contributed by atoms with van der Waals surface area (Å²) in [5.41, 5.74) is 0.0208. The Kier molecular flexibility index (Phi) is 3.35. The van der Waals surface area contributed by atoms with Gasteiger partial charge < -0.3 is 5.11 Å². The number of carboxylic acids is 1. The SMILES string of the molecule is N=S(=O)(c1ccc(C(=O)O)cc1)c1ccccc1F. The van der Waals surface area contributed by atoms with Crippen LogP contribution in [0.15, 0.2) is 58.3 Å². The summed E-state index contributed by atoms with van der Waals surface area (Å²) in [6, 6.07) is 10.4. The Morgan fingerprint density at radius 3 is 2.21 bits per heavy atom. The Hall–Kier alpha value is -2.21. The highest BCUT2D eigenvalue weighted by molar-refractivity contribution is 7.92. The topological polar surface area (TPSA) is 78.2 Å². The first kappa shape index (κ1) is 13.2. The lowest BCUT2D eigenvalue weighted by molar-refractivity contribution is 0.0697. The molecule has 1 unspecified atom stereocenters. The zero-order valence-corrected chi connectivity index (χ0v) is 10.5. The average molecular weight is 279 g/mol. The maximum Gasteiger partial charge on any atom is 0.335 e. The van der Waals surface area contributed by atoms with Gasteiger partial charge in [-0.2, -0.15) is 0 Å². The van der Waals surface area contributed by atoms with E-state index < -0.39 is 21.5 Å². The highest BCUT2D eigenvalue weighted by Crippen LogP contribution is 2.24. The van der Waals surface area contributed by atoms with Crippen molar-refractivity contribution >= 4 is 15.7 Å². The van der Waals surface area contributed by atoms with Crippen molar-refractivity contribution < 1.29 is 18.5 Å². The minimum Gasteiger partial charge on any atom is -0.478 e. The van der Waals surface area contributed by atoms with Crippen LogP contribution in [0.2, 0.25) is 0 Å². The normalized spacial score (nSPS) is 13.7. The number of nitrogens with one attached hydrogen (secondary N) is 1. The van der Waals surface area contributed by atoms with Crippen molar-refractivity contribution in [3.8, 4) is 0 Å². The van der Waals surface area contributed by atoms with E-state index in [0.717, 1.165) is 6.07 Å². The van der Waals surface area contributed by atoms with Crippen molar-refractivity contribution in [3.63, 3.8) is 0 Å². The lowest BCUT2D eigenvalue weighted by atomic mass is 10.2. The van der Waals surface area contributed by atoms with Gasteiger partial charge in [-0.25, -0.2) is 18.2 Å². The summed E-state index contributed by atoms with van der Waals surface area (Å²) in [5, 5.41) is 8.76. The molecule has 0 aliphatic carbocycles. The van der Waals surface area contributed by atoms with Crippen LogP contribution < -0.4 is 0 Å². The van der Waals surface area contributed by atoms with Crippen LogP contribution >= 0.6 is 0 Å². The largest absolute Gasteiger partial charge is 0.478 e. The lowest BCUT2D eigenvalue weighted by Gasteiger charge is -2.09. The van der Waals surface area contributed by atoms with Crippen molar-refractivity contribution in [3.05, 3.63) is 59.9 Å². The molecule has 0 saturated heterocycles. The third-order valence-corrected chi connectivity index (χ3v) is 4.47. The average Bonchev–Trinajstić information content (AvgIpc) is 2.39. The number of carboxylic acid groups (broad SMARTS) is 1. The molecule has 2 N–H and O–H groups in total. The fraction of sp³-hybridized carbons (Fsp3) is 0. The predicted octanol–water partition coefficient (Wildman–Crippen LogP) is 2.99. The second kappa shape index (κ2) is 4.81. The number of hydrogen-bond acceptors (Lipinski definition) is 3. The van der Waals surface area contributed by atoms with Crippen molar-refractivity contribution in [2.24, 2.45) is 0 Å². The van der Waals surface area contributed by atoms with E-state index >= 15 is 0 Å². The van der Waals surface area contributed by atoms with Crippen LogP contribution in [-0.4, -0.2) is 15.3 Å². The minimum atomic E-state index is -3.48. The maximum absolute atomic E-state index is 13.6. The molecule has 0 saturated carbocycles. The zero-order chi connectivity index (χ0) is 14.0. The van der Waals surface area contributed by atoms with Crippen molar-refractivity contribution in [2.75, 3.05) is 0 Å². The standard InChI is InChI=1S/C13H10FNO3S/c14-11-3-1-2-4-12(11)19(15,18)10-7-5-9(6-8-10)13(16)17/h1-8,15H,(H,16,17). The second-order valence-electron chi connectivity index (χ2n) is 3.82. The molecule has 0 aromatic heterocycles. The van der Waals surface area contributed by atoms with Crippen LogP contribution in [0.4, 0.5) is 4.39 Å². The van der Waals surface area contributed by atoms with E-state index in [9.17, 15) is 13.4 Å². The van der Waals surface area contributed by atoms with Crippen LogP contribution in [0.3, 0.4) is 0 Å². The third-order valence-electron chi connectivity index (χ3n) is 2.58. The molecule has 0 aliphatic rings. The smallest absolute Gasteiger partial charge is 0.335 e. The molecule has 0 heterocycles. The predicted molar refractivity (Wildman–Crippen MR) is 67.2 cm³/mol. The Morgan fingerprint density at radius 1 is 1.11 bits per heavy atom. The molecule has 0 aliphatic heterocycles. The number of carbonyl (C=O) groups is 1. The summed E-state index contributed by atoms with van der Waals surface area (Å²) in [7, 11) is -3.48. The summed E-state index contributed by atoms with van der Waals surface area (Å²) in [6.45, 7) is 0. The van der Waals surface area contributed by atoms with Gasteiger partial charge in [-0.05, 0) is 36.4 Å². The van der Waals surface area contributed by atoms with Gasteiger partial charge in [0.1, 0.15) is 15.5 Å². The molecule has 1 atom stereocenters. The van der Waals surface area contributed by atoms with Crippen LogP contribution in [0, 0.1) is 10.6 Å². The molecular weight excluding hydrogens is 269 g/mol. The molecule has 0 amide bonds. The molecule has 0 bridgehead atoms. The van der Waals surface area contributed by atoms with Crippen LogP contribution in [0.1, 0.15) is 10.4 Å². The molecule has 2 rings (SSSR count). The van der Waals surface area contributed by atoms with E-state index in [0.29, 0.717) is 0 Å². The Labute approximate surface area is 109 Å². The third kappa shape index (κ3) is 2.48. The van der Waals surface area contributed by atoms with E-state index in [1.165, 1.54) is 42.5 Å². The lowest BCUT2D eigenvalue weighted by Crippen LogP contribution is -2.04. The van der Waals surface area contributed by atoms with Gasteiger partial charge in [-0.15, -0.1) is 0 Å². The fourth-order valence-corrected chi connectivity index (χ4v) is 2.98. The quantitative estimate of drug-likeness (QED) is 0.906. The van der Waals surface area contributed by atoms with Crippen LogP contribution in [0.5, 0.6) is 0 Å². The van der Waals surface area contributed by atoms with Gasteiger partial charge in [0.15, 0.2) is 0 Å². The van der Waals surface area contributed by atoms with E-state index in [1.807, 2.05) is 0 Å². The van der Waals surface area contributed by atoms with E-state index in [2.05, 4.69) is 0 Å². The Morgan fingerprint density at radius 2 is 1.68 bits per heavy atom. The summed E-state index contributed by atoms with van der Waals surface area (Å²) in [6.07, 6.45) is 0. The molecule has 4 nitrogen and oxygen atoms in total. The molecule has 19 heavy (non-hydrogen) atoms. The minimum absolute atomic E-state index is 0.0208. The molecule has 0 radical (unpaired) electrons.